The maximum absolute atomic E-state index is 12.6. The highest BCUT2D eigenvalue weighted by Crippen LogP contribution is 2.33. The van der Waals surface area contributed by atoms with Crippen LogP contribution in [0.4, 0.5) is 5.69 Å². The van der Waals surface area contributed by atoms with E-state index in [1.54, 1.807) is 6.92 Å². The molecule has 2 heterocycles. The van der Waals surface area contributed by atoms with Crippen molar-refractivity contribution in [3.8, 4) is 0 Å². The Bertz CT molecular complexity index is 742. The number of carbonyl (C=O) groups is 1. The van der Waals surface area contributed by atoms with Crippen LogP contribution in [0, 0.1) is 5.92 Å². The van der Waals surface area contributed by atoms with Gasteiger partial charge in [-0.25, -0.2) is 12.7 Å². The zero-order chi connectivity index (χ0) is 18.7. The van der Waals surface area contributed by atoms with Gasteiger partial charge in [0.05, 0.1) is 5.75 Å². The number of para-hydroxylation sites is 1. The Kier molecular flexibility index (Phi) is 5.87. The van der Waals surface area contributed by atoms with E-state index in [9.17, 15) is 13.2 Å². The zero-order valence-electron chi connectivity index (χ0n) is 15.6. The Labute approximate surface area is 156 Å². The van der Waals surface area contributed by atoms with Gasteiger partial charge in [-0.15, -0.1) is 0 Å². The van der Waals surface area contributed by atoms with Crippen molar-refractivity contribution in [2.75, 3.05) is 43.9 Å². The molecule has 26 heavy (non-hydrogen) atoms. The van der Waals surface area contributed by atoms with Crippen molar-refractivity contribution in [3.63, 3.8) is 0 Å². The quantitative estimate of drug-likeness (QED) is 0.847. The third-order valence-corrected chi connectivity index (χ3v) is 7.59. The van der Waals surface area contributed by atoms with Crippen molar-refractivity contribution < 1.29 is 13.2 Å². The van der Waals surface area contributed by atoms with E-state index in [1.165, 1.54) is 15.6 Å². The van der Waals surface area contributed by atoms with Gasteiger partial charge in [-0.3, -0.25) is 4.79 Å². The summed E-state index contributed by atoms with van der Waals surface area (Å²) in [5, 5.41) is 3.12. The summed E-state index contributed by atoms with van der Waals surface area (Å²) in [5.41, 5.74) is 2.54. The lowest BCUT2D eigenvalue weighted by molar-refractivity contribution is -0.126. The molecule has 2 aliphatic rings. The van der Waals surface area contributed by atoms with Crippen LogP contribution in [0.3, 0.4) is 0 Å². The Balaban J connectivity index is 1.54. The number of hydrogen-bond acceptors (Lipinski definition) is 4. The zero-order valence-corrected chi connectivity index (χ0v) is 16.5. The van der Waals surface area contributed by atoms with Crippen molar-refractivity contribution >= 4 is 21.6 Å². The smallest absolute Gasteiger partial charge is 0.223 e. The van der Waals surface area contributed by atoms with Crippen LogP contribution in [0.5, 0.6) is 0 Å². The van der Waals surface area contributed by atoms with Crippen molar-refractivity contribution in [3.05, 3.63) is 29.8 Å². The summed E-state index contributed by atoms with van der Waals surface area (Å²) in [7, 11) is -1.04. The molecular weight excluding hydrogens is 350 g/mol. The molecule has 6 nitrogen and oxygen atoms in total. The molecule has 1 amide bonds. The van der Waals surface area contributed by atoms with Gasteiger partial charge in [0, 0.05) is 50.7 Å². The third kappa shape index (κ3) is 4.04. The van der Waals surface area contributed by atoms with E-state index in [-0.39, 0.29) is 17.6 Å². The SMILES string of the molecule is CCS(=O)(=O)N1CCC(C(=O)NC[C@H]2CCN(C)c3ccccc32)CC1. The summed E-state index contributed by atoms with van der Waals surface area (Å²) in [6.45, 7) is 4.20. The monoisotopic (exact) mass is 379 g/mol. The topological polar surface area (TPSA) is 69.7 Å². The van der Waals surface area contributed by atoms with Crippen LogP contribution in [0.25, 0.3) is 0 Å². The van der Waals surface area contributed by atoms with Gasteiger partial charge in [0.1, 0.15) is 0 Å². The molecule has 144 valence electrons. The number of fused-ring (bicyclic) bond motifs is 1. The van der Waals surface area contributed by atoms with Crippen LogP contribution in [0.1, 0.15) is 37.7 Å². The number of anilines is 1. The maximum Gasteiger partial charge on any atom is 0.223 e. The molecule has 0 unspecified atom stereocenters. The van der Waals surface area contributed by atoms with Gasteiger partial charge in [0.15, 0.2) is 0 Å². The van der Waals surface area contributed by atoms with Gasteiger partial charge < -0.3 is 10.2 Å². The first kappa shape index (κ1) is 19.2. The van der Waals surface area contributed by atoms with Crippen molar-refractivity contribution in [2.24, 2.45) is 5.92 Å². The Morgan fingerprint density at radius 2 is 1.85 bits per heavy atom. The summed E-state index contributed by atoms with van der Waals surface area (Å²) in [6.07, 6.45) is 2.24. The second-order valence-electron chi connectivity index (χ2n) is 7.29. The fraction of sp³-hybridized carbons (Fsp3) is 0.632. The van der Waals surface area contributed by atoms with Crippen LogP contribution in [0.15, 0.2) is 24.3 Å². The molecule has 3 rings (SSSR count). The first-order valence-electron chi connectivity index (χ1n) is 9.48. The van der Waals surface area contributed by atoms with E-state index < -0.39 is 10.0 Å². The Hall–Kier alpha value is -1.60. The average Bonchev–Trinajstić information content (AvgIpc) is 2.67. The van der Waals surface area contributed by atoms with Gasteiger partial charge >= 0.3 is 0 Å². The van der Waals surface area contributed by atoms with E-state index in [1.807, 2.05) is 0 Å². The minimum Gasteiger partial charge on any atom is -0.374 e. The number of nitrogens with zero attached hydrogens (tertiary/aromatic N) is 2. The molecule has 0 radical (unpaired) electrons. The van der Waals surface area contributed by atoms with E-state index in [0.717, 1.165) is 13.0 Å². The van der Waals surface area contributed by atoms with E-state index in [0.29, 0.717) is 38.4 Å². The predicted molar refractivity (Wildman–Crippen MR) is 104 cm³/mol. The van der Waals surface area contributed by atoms with Gasteiger partial charge in [0.2, 0.25) is 15.9 Å². The normalized spacial score (nSPS) is 22.1. The molecule has 1 aromatic carbocycles. The standard InChI is InChI=1S/C19H29N3O3S/c1-3-26(24,25)22-12-9-15(10-13-22)19(23)20-14-16-8-11-21(2)18-7-5-4-6-17(16)18/h4-7,15-16H,3,8-14H2,1-2H3,(H,20,23)/t16-/m1/s1. The Morgan fingerprint density at radius 3 is 2.54 bits per heavy atom. The number of piperidine rings is 1. The molecule has 7 heteroatoms. The molecule has 1 saturated heterocycles. The number of amides is 1. The molecular formula is C19H29N3O3S. The largest absolute Gasteiger partial charge is 0.374 e. The lowest BCUT2D eigenvalue weighted by Crippen LogP contribution is -2.44. The number of rotatable bonds is 5. The second-order valence-corrected chi connectivity index (χ2v) is 9.54. The summed E-state index contributed by atoms with van der Waals surface area (Å²) < 4.78 is 25.4. The highest BCUT2D eigenvalue weighted by atomic mass is 32.2. The summed E-state index contributed by atoms with van der Waals surface area (Å²) >= 11 is 0. The molecule has 1 aromatic rings. The fourth-order valence-electron chi connectivity index (χ4n) is 3.96. The average molecular weight is 380 g/mol. The number of hydrogen-bond donors (Lipinski definition) is 1. The van der Waals surface area contributed by atoms with Crippen LogP contribution >= 0.6 is 0 Å². The fourth-order valence-corrected chi connectivity index (χ4v) is 5.10. The number of nitrogens with one attached hydrogen (secondary N) is 1. The second kappa shape index (κ2) is 7.96. The lowest BCUT2D eigenvalue weighted by atomic mass is 9.89. The van der Waals surface area contributed by atoms with E-state index in [2.05, 4.69) is 41.5 Å². The predicted octanol–water partition coefficient (Wildman–Crippen LogP) is 1.79. The highest BCUT2D eigenvalue weighted by Gasteiger charge is 2.31. The number of benzene rings is 1. The molecule has 1 atom stereocenters. The third-order valence-electron chi connectivity index (χ3n) is 5.71. The van der Waals surface area contributed by atoms with E-state index in [4.69, 9.17) is 0 Å². The first-order valence-corrected chi connectivity index (χ1v) is 11.1. The van der Waals surface area contributed by atoms with Gasteiger partial charge in [0.25, 0.3) is 0 Å². The van der Waals surface area contributed by atoms with Crippen LogP contribution in [0.2, 0.25) is 0 Å². The lowest BCUT2D eigenvalue weighted by Gasteiger charge is -2.34. The van der Waals surface area contributed by atoms with Gasteiger partial charge in [-0.1, -0.05) is 18.2 Å². The Morgan fingerprint density at radius 1 is 1.15 bits per heavy atom. The minimum atomic E-state index is -3.14. The minimum absolute atomic E-state index is 0.0648. The van der Waals surface area contributed by atoms with Crippen LogP contribution in [-0.2, 0) is 14.8 Å². The number of carbonyl (C=O) groups excluding carboxylic acids is 1. The van der Waals surface area contributed by atoms with Crippen molar-refractivity contribution in [1.29, 1.82) is 0 Å². The van der Waals surface area contributed by atoms with Crippen molar-refractivity contribution in [1.82, 2.24) is 9.62 Å². The molecule has 0 bridgehead atoms. The molecule has 2 aliphatic heterocycles. The van der Waals surface area contributed by atoms with Crippen molar-refractivity contribution in [2.45, 2.75) is 32.1 Å². The first-order chi connectivity index (χ1) is 12.4. The molecule has 0 spiro atoms. The maximum atomic E-state index is 12.6. The van der Waals surface area contributed by atoms with Gasteiger partial charge in [-0.2, -0.15) is 0 Å². The van der Waals surface area contributed by atoms with E-state index >= 15 is 0 Å². The molecule has 0 aromatic heterocycles. The molecule has 1 fully saturated rings. The summed E-state index contributed by atoms with van der Waals surface area (Å²) in [4.78, 5) is 14.8. The summed E-state index contributed by atoms with van der Waals surface area (Å²) in [6, 6.07) is 8.38. The number of sulfonamides is 1. The molecule has 0 saturated carbocycles. The molecule has 0 aliphatic carbocycles. The summed E-state index contributed by atoms with van der Waals surface area (Å²) in [5.74, 6) is 0.445. The van der Waals surface area contributed by atoms with Gasteiger partial charge in [-0.05, 0) is 37.8 Å². The molecule has 1 N–H and O–H groups in total. The van der Waals surface area contributed by atoms with Crippen LogP contribution < -0.4 is 10.2 Å². The van der Waals surface area contributed by atoms with Crippen LogP contribution in [-0.4, -0.2) is 57.6 Å². The highest BCUT2D eigenvalue weighted by molar-refractivity contribution is 7.89.